The average Bonchev–Trinajstić information content (AvgIpc) is 2.91. The van der Waals surface area contributed by atoms with Crippen LogP contribution in [0, 0.1) is 11.8 Å². The highest BCUT2D eigenvalue weighted by atomic mass is 16.1. The molecule has 1 aromatic carbocycles. The number of amides is 1. The lowest BCUT2D eigenvalue weighted by Crippen LogP contribution is -2.43. The summed E-state index contributed by atoms with van der Waals surface area (Å²) in [5, 5.41) is 4.34. The molecule has 0 saturated heterocycles. The second-order valence-corrected chi connectivity index (χ2v) is 8.18. The minimum atomic E-state index is 0.0215. The Bertz CT molecular complexity index is 752. The molecule has 4 heteroatoms. The average molecular weight is 341 g/mol. The van der Waals surface area contributed by atoms with Crippen LogP contribution >= 0.6 is 0 Å². The molecule has 0 unspecified atom stereocenters. The van der Waals surface area contributed by atoms with E-state index in [1.54, 1.807) is 0 Å². The van der Waals surface area contributed by atoms with Crippen LogP contribution in [-0.2, 0) is 12.8 Å². The Labute approximate surface area is 151 Å². The Kier molecular flexibility index (Phi) is 5.19. The van der Waals surface area contributed by atoms with Gasteiger partial charge in [-0.25, -0.2) is 0 Å². The summed E-state index contributed by atoms with van der Waals surface area (Å²) in [6.07, 6.45) is 3.47. The smallest absolute Gasteiger partial charge is 0.251 e. The van der Waals surface area contributed by atoms with Crippen molar-refractivity contribution in [3.05, 3.63) is 35.0 Å². The van der Waals surface area contributed by atoms with Gasteiger partial charge >= 0.3 is 0 Å². The number of aryl methyl sites for hydroxylation is 1. The van der Waals surface area contributed by atoms with Crippen molar-refractivity contribution >= 4 is 16.8 Å². The molecule has 0 bridgehead atoms. The number of fused-ring (bicyclic) bond motifs is 3. The van der Waals surface area contributed by atoms with Crippen molar-refractivity contribution in [3.63, 3.8) is 0 Å². The fraction of sp³-hybridized carbons (Fsp3) is 0.571. The summed E-state index contributed by atoms with van der Waals surface area (Å²) in [6, 6.07) is 6.40. The van der Waals surface area contributed by atoms with Gasteiger partial charge in [-0.15, -0.1) is 0 Å². The fourth-order valence-electron chi connectivity index (χ4n) is 4.05. The molecule has 0 radical (unpaired) electrons. The number of aromatic nitrogens is 1. The van der Waals surface area contributed by atoms with E-state index in [-0.39, 0.29) is 5.91 Å². The van der Waals surface area contributed by atoms with E-state index in [4.69, 9.17) is 0 Å². The van der Waals surface area contributed by atoms with E-state index >= 15 is 0 Å². The number of benzene rings is 1. The van der Waals surface area contributed by atoms with Gasteiger partial charge in [0.1, 0.15) is 0 Å². The van der Waals surface area contributed by atoms with Crippen LogP contribution in [0.5, 0.6) is 0 Å². The lowest BCUT2D eigenvalue weighted by molar-refractivity contribution is 0.0935. The molecular weight excluding hydrogens is 310 g/mol. The maximum absolute atomic E-state index is 12.7. The third kappa shape index (κ3) is 3.74. The van der Waals surface area contributed by atoms with E-state index in [0.717, 1.165) is 29.8 Å². The van der Waals surface area contributed by atoms with Crippen molar-refractivity contribution in [1.29, 1.82) is 0 Å². The van der Waals surface area contributed by atoms with Gasteiger partial charge in [-0.3, -0.25) is 4.79 Å². The summed E-state index contributed by atoms with van der Waals surface area (Å²) in [7, 11) is 4.13. The molecule has 1 heterocycles. The number of hydrogen-bond donors (Lipinski definition) is 2. The number of nitrogens with one attached hydrogen (secondary N) is 2. The molecule has 1 aliphatic carbocycles. The highest BCUT2D eigenvalue weighted by Crippen LogP contribution is 2.32. The van der Waals surface area contributed by atoms with E-state index in [9.17, 15) is 4.79 Å². The zero-order valence-electron chi connectivity index (χ0n) is 16.1. The normalized spacial score (nSPS) is 18.6. The number of carbonyl (C=O) groups is 1. The Hall–Kier alpha value is -1.81. The van der Waals surface area contributed by atoms with Gasteiger partial charge in [0, 0.05) is 34.7 Å². The van der Waals surface area contributed by atoms with E-state index in [1.807, 2.05) is 6.07 Å². The van der Waals surface area contributed by atoms with Crippen LogP contribution in [0.15, 0.2) is 18.2 Å². The summed E-state index contributed by atoms with van der Waals surface area (Å²) < 4.78 is 0. The summed E-state index contributed by atoms with van der Waals surface area (Å²) in [6.45, 7) is 7.36. The Morgan fingerprint density at radius 2 is 2.12 bits per heavy atom. The molecule has 1 aliphatic rings. The van der Waals surface area contributed by atoms with Crippen LogP contribution in [0.25, 0.3) is 10.9 Å². The van der Waals surface area contributed by atoms with Crippen molar-refractivity contribution in [3.8, 4) is 0 Å². The predicted molar refractivity (Wildman–Crippen MR) is 104 cm³/mol. The van der Waals surface area contributed by atoms with Gasteiger partial charge in [-0.05, 0) is 69.0 Å². The zero-order chi connectivity index (χ0) is 18.1. The molecular formula is C21H31N3O. The van der Waals surface area contributed by atoms with E-state index in [2.05, 4.69) is 62.2 Å². The van der Waals surface area contributed by atoms with Gasteiger partial charge in [0.25, 0.3) is 5.91 Å². The Balaban J connectivity index is 1.79. The van der Waals surface area contributed by atoms with Crippen molar-refractivity contribution in [2.45, 2.75) is 46.1 Å². The molecule has 2 atom stereocenters. The molecule has 2 aromatic rings. The predicted octanol–water partition coefficient (Wildman–Crippen LogP) is 3.61. The van der Waals surface area contributed by atoms with E-state index in [0.29, 0.717) is 18.5 Å². The van der Waals surface area contributed by atoms with Crippen LogP contribution < -0.4 is 5.32 Å². The Morgan fingerprint density at radius 3 is 2.80 bits per heavy atom. The lowest BCUT2D eigenvalue weighted by atomic mass is 9.87. The van der Waals surface area contributed by atoms with Crippen molar-refractivity contribution in [1.82, 2.24) is 15.2 Å². The Morgan fingerprint density at radius 1 is 1.36 bits per heavy atom. The highest BCUT2D eigenvalue weighted by molar-refractivity contribution is 5.99. The van der Waals surface area contributed by atoms with Crippen molar-refractivity contribution < 1.29 is 4.79 Å². The number of rotatable bonds is 5. The largest absolute Gasteiger partial charge is 0.358 e. The third-order valence-electron chi connectivity index (χ3n) is 5.60. The number of aromatic amines is 1. The van der Waals surface area contributed by atoms with Crippen molar-refractivity contribution in [2.75, 3.05) is 20.6 Å². The molecule has 4 nitrogen and oxygen atoms in total. The highest BCUT2D eigenvalue weighted by Gasteiger charge is 2.21. The monoisotopic (exact) mass is 341 g/mol. The minimum Gasteiger partial charge on any atom is -0.358 e. The number of nitrogens with zero attached hydrogens (tertiary/aromatic N) is 1. The fourth-order valence-corrected chi connectivity index (χ4v) is 4.05. The maximum Gasteiger partial charge on any atom is 0.251 e. The minimum absolute atomic E-state index is 0.0215. The second-order valence-electron chi connectivity index (χ2n) is 8.18. The molecule has 0 saturated carbocycles. The first-order valence-corrected chi connectivity index (χ1v) is 9.45. The molecule has 2 N–H and O–H groups in total. The number of likely N-dealkylation sites (N-methyl/N-ethyl adjacent to an activating group) is 1. The molecule has 1 amide bonds. The van der Waals surface area contributed by atoms with Crippen LogP contribution in [0.3, 0.4) is 0 Å². The van der Waals surface area contributed by atoms with Crippen LogP contribution in [-0.4, -0.2) is 42.5 Å². The first kappa shape index (κ1) is 18.0. The number of hydrogen-bond acceptors (Lipinski definition) is 2. The SMILES string of the molecule is CC(C)[C@H](CNC(=O)c1ccc2[nH]c3c(c2c1)C[C@H](C)CC3)N(C)C. The standard InChI is InChI=1S/C21H31N3O/c1-13(2)20(24(4)5)12-22-21(25)15-7-9-19-17(11-15)16-10-14(3)6-8-18(16)23-19/h7,9,11,13-14,20,23H,6,8,10,12H2,1-5H3,(H,22,25)/t14-,20+/m1/s1. The number of carbonyl (C=O) groups excluding carboxylic acids is 1. The van der Waals surface area contributed by atoms with Gasteiger partial charge in [-0.2, -0.15) is 0 Å². The first-order chi connectivity index (χ1) is 11.9. The van der Waals surface area contributed by atoms with E-state index < -0.39 is 0 Å². The summed E-state index contributed by atoms with van der Waals surface area (Å²) in [5.41, 5.74) is 4.69. The van der Waals surface area contributed by atoms with Crippen LogP contribution in [0.1, 0.15) is 48.8 Å². The molecule has 136 valence electrons. The second kappa shape index (κ2) is 7.20. The van der Waals surface area contributed by atoms with Crippen molar-refractivity contribution in [2.24, 2.45) is 11.8 Å². The molecule has 0 spiro atoms. The molecule has 0 fully saturated rings. The zero-order valence-corrected chi connectivity index (χ0v) is 16.1. The summed E-state index contributed by atoms with van der Waals surface area (Å²) in [4.78, 5) is 18.4. The van der Waals surface area contributed by atoms with Gasteiger partial charge in [0.15, 0.2) is 0 Å². The molecule has 1 aromatic heterocycles. The molecule has 25 heavy (non-hydrogen) atoms. The van der Waals surface area contributed by atoms with Gasteiger partial charge < -0.3 is 15.2 Å². The van der Waals surface area contributed by atoms with E-state index in [1.165, 1.54) is 23.1 Å². The van der Waals surface area contributed by atoms with Gasteiger partial charge in [0.05, 0.1) is 0 Å². The maximum atomic E-state index is 12.7. The van der Waals surface area contributed by atoms with Crippen LogP contribution in [0.2, 0.25) is 0 Å². The van der Waals surface area contributed by atoms with Crippen LogP contribution in [0.4, 0.5) is 0 Å². The molecule has 0 aliphatic heterocycles. The third-order valence-corrected chi connectivity index (χ3v) is 5.60. The lowest BCUT2D eigenvalue weighted by Gasteiger charge is -2.28. The van der Waals surface area contributed by atoms with Gasteiger partial charge in [-0.1, -0.05) is 20.8 Å². The topological polar surface area (TPSA) is 48.1 Å². The summed E-state index contributed by atoms with van der Waals surface area (Å²) >= 11 is 0. The molecule has 3 rings (SSSR count). The quantitative estimate of drug-likeness (QED) is 0.873. The number of H-pyrrole nitrogens is 1. The van der Waals surface area contributed by atoms with Gasteiger partial charge in [0.2, 0.25) is 0 Å². The summed E-state index contributed by atoms with van der Waals surface area (Å²) in [5.74, 6) is 1.24. The first-order valence-electron chi connectivity index (χ1n) is 9.45.